The Balaban J connectivity index is 0.00000180. The summed E-state index contributed by atoms with van der Waals surface area (Å²) in [5, 5.41) is 3.44. The Morgan fingerprint density at radius 3 is 2.42 bits per heavy atom. The Bertz CT molecular complexity index is 271. The van der Waals surface area contributed by atoms with Crippen LogP contribution in [-0.4, -0.2) is 36.0 Å². The first-order valence-corrected chi connectivity index (χ1v) is 7.69. The van der Waals surface area contributed by atoms with Crippen LogP contribution in [0, 0.1) is 5.92 Å². The van der Waals surface area contributed by atoms with Crippen molar-refractivity contribution in [1.82, 2.24) is 10.2 Å². The van der Waals surface area contributed by atoms with Crippen LogP contribution >= 0.6 is 12.4 Å². The second kappa shape index (κ2) is 8.11. The molecule has 1 unspecified atom stereocenters. The molecule has 1 N–H and O–H groups in total. The topological polar surface area (TPSA) is 32.3 Å². The van der Waals surface area contributed by atoms with Gasteiger partial charge in [0.05, 0.1) is 0 Å². The van der Waals surface area contributed by atoms with Crippen molar-refractivity contribution < 1.29 is 4.79 Å². The van der Waals surface area contributed by atoms with E-state index in [1.54, 1.807) is 0 Å². The number of hydrogen-bond acceptors (Lipinski definition) is 2. The van der Waals surface area contributed by atoms with Crippen LogP contribution in [0.5, 0.6) is 0 Å². The van der Waals surface area contributed by atoms with E-state index < -0.39 is 0 Å². The molecule has 1 amide bonds. The van der Waals surface area contributed by atoms with Crippen LogP contribution in [0.2, 0.25) is 0 Å². The summed E-state index contributed by atoms with van der Waals surface area (Å²) in [6.07, 6.45) is 8.15. The number of carbonyl (C=O) groups excluding carboxylic acids is 1. The Labute approximate surface area is 123 Å². The summed E-state index contributed by atoms with van der Waals surface area (Å²) in [4.78, 5) is 14.7. The van der Waals surface area contributed by atoms with E-state index in [1.165, 1.54) is 38.5 Å². The van der Waals surface area contributed by atoms with Crippen molar-refractivity contribution in [1.29, 1.82) is 0 Å². The molecular formula is C15H29ClN2O. The molecule has 2 rings (SSSR count). The first-order chi connectivity index (χ1) is 8.66. The van der Waals surface area contributed by atoms with Crippen LogP contribution in [-0.2, 0) is 4.79 Å². The number of rotatable bonds is 5. The molecule has 2 aliphatic rings. The lowest BCUT2D eigenvalue weighted by atomic mass is 10.1. The third-order valence-electron chi connectivity index (χ3n) is 4.23. The monoisotopic (exact) mass is 288 g/mol. The smallest absolute Gasteiger partial charge is 0.224 e. The van der Waals surface area contributed by atoms with Gasteiger partial charge in [0, 0.05) is 25.0 Å². The number of nitrogens with zero attached hydrogens (tertiary/aromatic N) is 1. The van der Waals surface area contributed by atoms with Gasteiger partial charge in [-0.15, -0.1) is 12.4 Å². The average molecular weight is 289 g/mol. The van der Waals surface area contributed by atoms with E-state index >= 15 is 0 Å². The fourth-order valence-electron chi connectivity index (χ4n) is 3.32. The Morgan fingerprint density at radius 2 is 1.89 bits per heavy atom. The number of halogens is 1. The summed E-state index contributed by atoms with van der Waals surface area (Å²) in [6.45, 7) is 6.45. The summed E-state index contributed by atoms with van der Waals surface area (Å²) in [5.74, 6) is 0.959. The van der Waals surface area contributed by atoms with Crippen molar-refractivity contribution in [2.24, 2.45) is 5.92 Å². The zero-order chi connectivity index (χ0) is 13.0. The molecule has 1 saturated carbocycles. The fraction of sp³-hybridized carbons (Fsp3) is 0.933. The molecule has 19 heavy (non-hydrogen) atoms. The zero-order valence-corrected chi connectivity index (χ0v) is 13.2. The van der Waals surface area contributed by atoms with Crippen LogP contribution in [0.3, 0.4) is 0 Å². The van der Waals surface area contributed by atoms with Gasteiger partial charge in [0.15, 0.2) is 0 Å². The predicted octanol–water partition coefficient (Wildman–Crippen LogP) is 2.98. The third kappa shape index (κ3) is 4.96. The summed E-state index contributed by atoms with van der Waals surface area (Å²) in [6, 6.07) is 0.967. The van der Waals surface area contributed by atoms with E-state index in [2.05, 4.69) is 24.1 Å². The molecule has 1 aliphatic carbocycles. The molecular weight excluding hydrogens is 260 g/mol. The number of amides is 1. The van der Waals surface area contributed by atoms with Gasteiger partial charge in [-0.1, -0.05) is 26.7 Å². The molecule has 112 valence electrons. The van der Waals surface area contributed by atoms with Crippen molar-refractivity contribution >= 4 is 18.3 Å². The van der Waals surface area contributed by atoms with Crippen LogP contribution in [0.15, 0.2) is 0 Å². The van der Waals surface area contributed by atoms with Crippen LogP contribution < -0.4 is 5.32 Å². The van der Waals surface area contributed by atoms with Gasteiger partial charge >= 0.3 is 0 Å². The molecule has 0 radical (unpaired) electrons. The number of hydrogen-bond donors (Lipinski definition) is 1. The summed E-state index contributed by atoms with van der Waals surface area (Å²) < 4.78 is 0. The van der Waals surface area contributed by atoms with Crippen molar-refractivity contribution in [2.75, 3.05) is 13.1 Å². The molecule has 0 bridgehead atoms. The normalized spacial score (nSPS) is 23.6. The van der Waals surface area contributed by atoms with Gasteiger partial charge < -0.3 is 10.2 Å². The van der Waals surface area contributed by atoms with Crippen molar-refractivity contribution in [3.63, 3.8) is 0 Å². The van der Waals surface area contributed by atoms with E-state index in [0.29, 0.717) is 30.3 Å². The molecule has 2 fully saturated rings. The largest absolute Gasteiger partial charge is 0.339 e. The highest BCUT2D eigenvalue weighted by atomic mass is 35.5. The molecule has 0 aromatic carbocycles. The highest BCUT2D eigenvalue weighted by Gasteiger charge is 2.29. The Hall–Kier alpha value is -0.280. The molecule has 3 nitrogen and oxygen atoms in total. The lowest BCUT2D eigenvalue weighted by molar-refractivity contribution is -0.134. The van der Waals surface area contributed by atoms with Gasteiger partial charge in [0.2, 0.25) is 5.91 Å². The first kappa shape index (κ1) is 16.8. The second-order valence-electron chi connectivity index (χ2n) is 6.38. The maximum Gasteiger partial charge on any atom is 0.224 e. The van der Waals surface area contributed by atoms with Gasteiger partial charge in [-0.3, -0.25) is 4.79 Å². The number of nitrogens with one attached hydrogen (secondary N) is 1. The van der Waals surface area contributed by atoms with Crippen molar-refractivity contribution in [3.8, 4) is 0 Å². The van der Waals surface area contributed by atoms with E-state index in [1.807, 2.05) is 0 Å². The Kier molecular flexibility index (Phi) is 7.16. The SMILES string of the molecule is CC(C)CN(C(=O)CC1CCCN1)C1CCCC1.Cl. The second-order valence-corrected chi connectivity index (χ2v) is 6.38. The maximum atomic E-state index is 12.5. The highest BCUT2D eigenvalue weighted by molar-refractivity contribution is 5.85. The van der Waals surface area contributed by atoms with E-state index in [4.69, 9.17) is 0 Å². The minimum Gasteiger partial charge on any atom is -0.339 e. The third-order valence-corrected chi connectivity index (χ3v) is 4.23. The predicted molar refractivity (Wildman–Crippen MR) is 81.7 cm³/mol. The Morgan fingerprint density at radius 1 is 1.21 bits per heavy atom. The minimum atomic E-state index is 0. The summed E-state index contributed by atoms with van der Waals surface area (Å²) in [5.41, 5.74) is 0. The van der Waals surface area contributed by atoms with Crippen LogP contribution in [0.25, 0.3) is 0 Å². The molecule has 4 heteroatoms. The summed E-state index contributed by atoms with van der Waals surface area (Å²) >= 11 is 0. The van der Waals surface area contributed by atoms with Crippen LogP contribution in [0.1, 0.15) is 58.8 Å². The molecule has 0 aromatic rings. The lowest BCUT2D eigenvalue weighted by Crippen LogP contribution is -2.43. The van der Waals surface area contributed by atoms with Gasteiger partial charge in [-0.25, -0.2) is 0 Å². The standard InChI is InChI=1S/C15H28N2O.ClH/c1-12(2)11-17(14-7-3-4-8-14)15(18)10-13-6-5-9-16-13;/h12-14,16H,3-11H2,1-2H3;1H. The minimum absolute atomic E-state index is 0. The first-order valence-electron chi connectivity index (χ1n) is 7.69. The van der Waals surface area contributed by atoms with E-state index in [-0.39, 0.29) is 12.4 Å². The molecule has 0 aromatic heterocycles. The summed E-state index contributed by atoms with van der Waals surface area (Å²) in [7, 11) is 0. The van der Waals surface area contributed by atoms with Crippen molar-refractivity contribution in [2.45, 2.75) is 70.9 Å². The van der Waals surface area contributed by atoms with Gasteiger partial charge in [0.25, 0.3) is 0 Å². The van der Waals surface area contributed by atoms with Crippen LogP contribution in [0.4, 0.5) is 0 Å². The average Bonchev–Trinajstić information content (AvgIpc) is 2.97. The number of carbonyl (C=O) groups is 1. The van der Waals surface area contributed by atoms with E-state index in [0.717, 1.165) is 13.1 Å². The molecule has 1 saturated heterocycles. The fourth-order valence-corrected chi connectivity index (χ4v) is 3.32. The zero-order valence-electron chi connectivity index (χ0n) is 12.4. The van der Waals surface area contributed by atoms with Gasteiger partial charge in [-0.2, -0.15) is 0 Å². The van der Waals surface area contributed by atoms with Gasteiger partial charge in [-0.05, 0) is 38.1 Å². The van der Waals surface area contributed by atoms with E-state index in [9.17, 15) is 4.79 Å². The molecule has 0 spiro atoms. The molecule has 1 heterocycles. The van der Waals surface area contributed by atoms with Gasteiger partial charge in [0.1, 0.15) is 0 Å². The lowest BCUT2D eigenvalue weighted by Gasteiger charge is -2.31. The maximum absolute atomic E-state index is 12.5. The van der Waals surface area contributed by atoms with Crippen molar-refractivity contribution in [3.05, 3.63) is 0 Å². The quantitative estimate of drug-likeness (QED) is 0.843. The highest BCUT2D eigenvalue weighted by Crippen LogP contribution is 2.25. The molecule has 1 aliphatic heterocycles. The molecule has 1 atom stereocenters.